The van der Waals surface area contributed by atoms with Gasteiger partial charge in [0.15, 0.2) is 6.29 Å². The first kappa shape index (κ1) is 67.1. The summed E-state index contributed by atoms with van der Waals surface area (Å²) >= 11 is 0. The summed E-state index contributed by atoms with van der Waals surface area (Å²) in [6.07, 6.45) is 50.9. The summed E-state index contributed by atoms with van der Waals surface area (Å²) < 4.78 is 11.1. The van der Waals surface area contributed by atoms with Crippen LogP contribution < -0.4 is 5.32 Å². The lowest BCUT2D eigenvalue weighted by atomic mass is 9.99. The van der Waals surface area contributed by atoms with E-state index in [0.29, 0.717) is 19.3 Å². The number of unbranched alkanes of at least 4 members (excludes halogenated alkanes) is 31. The molecule has 0 aromatic rings. The summed E-state index contributed by atoms with van der Waals surface area (Å²) in [5.74, 6) is -0.778. The van der Waals surface area contributed by atoms with E-state index in [9.17, 15) is 40.5 Å². The third-order valence-electron chi connectivity index (χ3n) is 14.1. The molecule has 1 aliphatic rings. The second kappa shape index (κ2) is 49.0. The van der Waals surface area contributed by atoms with Gasteiger partial charge in [-0.3, -0.25) is 4.79 Å². The van der Waals surface area contributed by atoms with Crippen molar-refractivity contribution in [1.29, 1.82) is 0 Å². The molecule has 0 radical (unpaired) electrons. The lowest BCUT2D eigenvalue weighted by Gasteiger charge is -2.40. The van der Waals surface area contributed by atoms with Gasteiger partial charge in [0.1, 0.15) is 36.6 Å². The van der Waals surface area contributed by atoms with Crippen molar-refractivity contribution in [3.8, 4) is 0 Å². The summed E-state index contributed by atoms with van der Waals surface area (Å²) in [4.78, 5) is 13.1. The highest BCUT2D eigenvalue weighted by atomic mass is 16.7. The molecule has 8 N–H and O–H groups in total. The normalized spacial score (nSPS) is 20.5. The molecule has 0 aliphatic carbocycles. The number of aliphatic hydroxyl groups excluding tert-OH is 7. The Hall–Kier alpha value is -1.93. The van der Waals surface area contributed by atoms with Gasteiger partial charge in [-0.1, -0.05) is 236 Å². The monoisotopic (exact) mass is 1010 g/mol. The molecule has 11 nitrogen and oxygen atoms in total. The van der Waals surface area contributed by atoms with E-state index in [1.165, 1.54) is 186 Å². The molecule has 0 aromatic carbocycles. The molecular weight excluding hydrogens is 895 g/mol. The van der Waals surface area contributed by atoms with Crippen molar-refractivity contribution in [3.63, 3.8) is 0 Å². The summed E-state index contributed by atoms with van der Waals surface area (Å²) in [5.41, 5.74) is 0. The van der Waals surface area contributed by atoms with Gasteiger partial charge in [-0.05, 0) is 64.2 Å². The Kier molecular flexibility index (Phi) is 46.3. The first-order valence-corrected chi connectivity index (χ1v) is 29.5. The van der Waals surface area contributed by atoms with Gasteiger partial charge in [0.05, 0.1) is 25.4 Å². The number of carbonyl (C=O) groups excluding carboxylic acids is 1. The van der Waals surface area contributed by atoms with Crippen LogP contribution in [0.25, 0.3) is 0 Å². The number of nitrogens with one attached hydrogen (secondary N) is 1. The number of ether oxygens (including phenoxy) is 2. The van der Waals surface area contributed by atoms with E-state index >= 15 is 0 Å². The Bertz CT molecular complexity index is 1290. The average Bonchev–Trinajstić information content (AvgIpc) is 3.37. The number of rotatable bonds is 50. The fraction of sp³-hybridized carbons (Fsp3) is 0.850. The number of amides is 1. The minimum absolute atomic E-state index is 0.0395. The Labute approximate surface area is 434 Å². The Morgan fingerprint density at radius 2 is 0.901 bits per heavy atom. The molecule has 0 aromatic heterocycles. The van der Waals surface area contributed by atoms with Crippen molar-refractivity contribution in [2.75, 3.05) is 13.2 Å². The predicted octanol–water partition coefficient (Wildman–Crippen LogP) is 12.5. The van der Waals surface area contributed by atoms with Gasteiger partial charge in [-0.2, -0.15) is 0 Å². The van der Waals surface area contributed by atoms with E-state index in [0.717, 1.165) is 25.7 Å². The van der Waals surface area contributed by atoms with E-state index in [1.54, 1.807) is 6.08 Å². The first-order chi connectivity index (χ1) is 34.7. The number of hydrogen-bond acceptors (Lipinski definition) is 10. The van der Waals surface area contributed by atoms with Gasteiger partial charge in [-0.15, -0.1) is 0 Å². The van der Waals surface area contributed by atoms with Crippen LogP contribution in [0, 0.1) is 0 Å². The lowest BCUT2D eigenvalue weighted by Crippen LogP contribution is -2.60. The third kappa shape index (κ3) is 37.5. The summed E-state index contributed by atoms with van der Waals surface area (Å²) in [6, 6.07) is -1.22. The molecule has 1 aliphatic heterocycles. The van der Waals surface area contributed by atoms with Crippen LogP contribution in [-0.4, -0.2) is 110 Å². The molecule has 1 rings (SSSR count). The Morgan fingerprint density at radius 1 is 0.507 bits per heavy atom. The Morgan fingerprint density at radius 3 is 1.35 bits per heavy atom. The van der Waals surface area contributed by atoms with E-state index < -0.39 is 74.2 Å². The summed E-state index contributed by atoms with van der Waals surface area (Å²) in [7, 11) is 0. The quantitative estimate of drug-likeness (QED) is 0.0215. The van der Waals surface area contributed by atoms with Crippen LogP contribution in [0.2, 0.25) is 0 Å². The van der Waals surface area contributed by atoms with Crippen molar-refractivity contribution in [1.82, 2.24) is 5.32 Å². The van der Waals surface area contributed by atoms with Gasteiger partial charge in [-0.25, -0.2) is 0 Å². The molecule has 71 heavy (non-hydrogen) atoms. The average molecular weight is 1010 g/mol. The van der Waals surface area contributed by atoms with Gasteiger partial charge in [0, 0.05) is 6.42 Å². The molecule has 11 heteroatoms. The number of hydrogen-bond donors (Lipinski definition) is 8. The minimum Gasteiger partial charge on any atom is -0.394 e. The maximum absolute atomic E-state index is 13.1. The zero-order valence-corrected chi connectivity index (χ0v) is 45.5. The zero-order chi connectivity index (χ0) is 51.8. The highest BCUT2D eigenvalue weighted by Crippen LogP contribution is 2.23. The summed E-state index contributed by atoms with van der Waals surface area (Å²) in [5, 5.41) is 75.8. The second-order valence-corrected chi connectivity index (χ2v) is 20.7. The number of allylic oxidation sites excluding steroid dienone is 7. The van der Waals surface area contributed by atoms with Crippen molar-refractivity contribution in [2.45, 2.75) is 313 Å². The molecule has 1 saturated heterocycles. The van der Waals surface area contributed by atoms with Gasteiger partial charge in [0.2, 0.25) is 5.91 Å². The molecule has 416 valence electrons. The van der Waals surface area contributed by atoms with Gasteiger partial charge < -0.3 is 50.5 Å². The molecule has 1 fully saturated rings. The molecule has 0 spiro atoms. The van der Waals surface area contributed by atoms with Crippen LogP contribution in [0.4, 0.5) is 0 Å². The molecular formula is C60H111NO10. The molecule has 9 unspecified atom stereocenters. The van der Waals surface area contributed by atoms with E-state index in [2.05, 4.69) is 55.6 Å². The molecule has 0 bridgehead atoms. The Balaban J connectivity index is 2.26. The second-order valence-electron chi connectivity index (χ2n) is 20.7. The maximum Gasteiger partial charge on any atom is 0.249 e. The van der Waals surface area contributed by atoms with Crippen LogP contribution in [0.3, 0.4) is 0 Å². The fourth-order valence-electron chi connectivity index (χ4n) is 9.27. The van der Waals surface area contributed by atoms with E-state index in [4.69, 9.17) is 9.47 Å². The molecule has 9 atom stereocenters. The molecule has 1 amide bonds. The topological polar surface area (TPSA) is 189 Å². The van der Waals surface area contributed by atoms with Gasteiger partial charge in [0.25, 0.3) is 0 Å². The van der Waals surface area contributed by atoms with Gasteiger partial charge >= 0.3 is 0 Å². The fourth-order valence-corrected chi connectivity index (χ4v) is 9.27. The van der Waals surface area contributed by atoms with E-state index in [-0.39, 0.29) is 12.8 Å². The highest BCUT2D eigenvalue weighted by molar-refractivity contribution is 5.81. The third-order valence-corrected chi connectivity index (χ3v) is 14.1. The van der Waals surface area contributed by atoms with Crippen molar-refractivity contribution in [3.05, 3.63) is 48.6 Å². The van der Waals surface area contributed by atoms with Crippen LogP contribution in [0.5, 0.6) is 0 Å². The van der Waals surface area contributed by atoms with Crippen molar-refractivity contribution < 1.29 is 50.0 Å². The largest absolute Gasteiger partial charge is 0.394 e. The van der Waals surface area contributed by atoms with Crippen LogP contribution in [0.1, 0.15) is 258 Å². The van der Waals surface area contributed by atoms with E-state index in [1.807, 2.05) is 6.08 Å². The van der Waals surface area contributed by atoms with Crippen LogP contribution in [0.15, 0.2) is 48.6 Å². The summed E-state index contributed by atoms with van der Waals surface area (Å²) in [6.45, 7) is 3.39. The first-order valence-electron chi connectivity index (χ1n) is 29.5. The minimum atomic E-state index is -1.68. The van der Waals surface area contributed by atoms with Crippen LogP contribution in [-0.2, 0) is 14.3 Å². The predicted molar refractivity (Wildman–Crippen MR) is 293 cm³/mol. The maximum atomic E-state index is 13.1. The number of aliphatic hydroxyl groups is 7. The van der Waals surface area contributed by atoms with Crippen molar-refractivity contribution in [2.24, 2.45) is 0 Å². The van der Waals surface area contributed by atoms with Crippen molar-refractivity contribution >= 4 is 5.91 Å². The molecule has 0 saturated carbocycles. The molecule has 1 heterocycles. The SMILES string of the molecule is CCCCCCCC/C=C\C/C=C\CC(O)C(=O)NC(COC1OC(CO)C(O)C(O)C1O)C(O)C(O)CCC/C=C/CC/C=C/CCCCCCCCCCCCCCCCCCCCCCCCC. The number of carbonyl (C=O) groups is 1. The standard InChI is InChI=1S/C60H111NO10/c1-3-5-7-9-11-13-15-17-18-19-20-21-22-23-24-25-26-27-28-29-30-31-32-33-34-35-36-38-39-41-43-45-47-52(63)55(65)51(50-70-60-58(68)57(67)56(66)54(49-62)71-60)61-59(69)53(64)48-46-44-42-40-37-16-14-12-10-8-6-4-2/h34-35,37,39-41,44,46,51-58,60,62-68H,3-33,36,38,42-43,45,47-50H2,1-2H3,(H,61,69)/b35-34+,40-37-,41-39+,46-44-. The zero-order valence-electron chi connectivity index (χ0n) is 45.5. The van der Waals surface area contributed by atoms with Crippen LogP contribution >= 0.6 is 0 Å². The lowest BCUT2D eigenvalue weighted by molar-refractivity contribution is -0.303. The highest BCUT2D eigenvalue weighted by Gasteiger charge is 2.44. The smallest absolute Gasteiger partial charge is 0.249 e.